The van der Waals surface area contributed by atoms with Gasteiger partial charge in [-0.3, -0.25) is 9.88 Å². The van der Waals surface area contributed by atoms with E-state index >= 15 is 0 Å². The van der Waals surface area contributed by atoms with E-state index in [-0.39, 0.29) is 0 Å². The summed E-state index contributed by atoms with van der Waals surface area (Å²) in [6.07, 6.45) is 2.39. The summed E-state index contributed by atoms with van der Waals surface area (Å²) in [4.78, 5) is 7.38. The number of pyridine rings is 1. The number of ether oxygens (including phenoxy) is 2. The van der Waals surface area contributed by atoms with E-state index in [2.05, 4.69) is 53.4 Å². The Balaban J connectivity index is 1.39. The van der Waals surface area contributed by atoms with Gasteiger partial charge in [-0.05, 0) is 49.2 Å². The van der Waals surface area contributed by atoms with Crippen LogP contribution in [0.1, 0.15) is 30.1 Å². The number of hydrogen-bond donors (Lipinski definition) is 0. The van der Waals surface area contributed by atoms with Gasteiger partial charge < -0.3 is 9.47 Å². The van der Waals surface area contributed by atoms with Crippen LogP contribution < -0.4 is 9.47 Å². The maximum Gasteiger partial charge on any atom is 0.161 e. The van der Waals surface area contributed by atoms with Crippen molar-refractivity contribution >= 4 is 10.9 Å². The van der Waals surface area contributed by atoms with Crippen LogP contribution in [0.2, 0.25) is 0 Å². The predicted octanol–water partition coefficient (Wildman–Crippen LogP) is 4.34. The van der Waals surface area contributed by atoms with Gasteiger partial charge >= 0.3 is 0 Å². The second-order valence-corrected chi connectivity index (χ2v) is 7.03. The van der Waals surface area contributed by atoms with Crippen LogP contribution in [-0.2, 0) is 6.54 Å². The molecule has 1 fully saturated rings. The Morgan fingerprint density at radius 2 is 1.85 bits per heavy atom. The third-order valence-corrected chi connectivity index (χ3v) is 5.34. The van der Waals surface area contributed by atoms with Gasteiger partial charge in [0.15, 0.2) is 11.5 Å². The minimum absolute atomic E-state index is 0.416. The molecule has 2 aliphatic heterocycles. The van der Waals surface area contributed by atoms with Crippen LogP contribution in [0.4, 0.5) is 0 Å². The lowest BCUT2D eigenvalue weighted by molar-refractivity contribution is 0.170. The molecule has 1 unspecified atom stereocenters. The zero-order valence-electron chi connectivity index (χ0n) is 14.7. The van der Waals surface area contributed by atoms with Crippen molar-refractivity contribution in [3.8, 4) is 11.5 Å². The molecule has 5 rings (SSSR count). The van der Waals surface area contributed by atoms with Gasteiger partial charge in [-0.1, -0.05) is 30.3 Å². The molecule has 2 aliphatic rings. The largest absolute Gasteiger partial charge is 0.486 e. The standard InChI is InChI=1S/C22H22N2O2/c1-2-5-19-16(4-1)7-9-18(23-19)15-24-11-3-6-20(24)17-8-10-21-22(14-17)26-13-12-25-21/h1-2,4-5,7-10,14,20H,3,6,11-13,15H2. The summed E-state index contributed by atoms with van der Waals surface area (Å²) in [7, 11) is 0. The molecule has 2 aromatic carbocycles. The third-order valence-electron chi connectivity index (χ3n) is 5.34. The Morgan fingerprint density at radius 1 is 0.962 bits per heavy atom. The average molecular weight is 346 g/mol. The third kappa shape index (κ3) is 2.90. The molecule has 4 nitrogen and oxygen atoms in total. The first-order valence-corrected chi connectivity index (χ1v) is 9.35. The Labute approximate surface area is 153 Å². The van der Waals surface area contributed by atoms with Crippen molar-refractivity contribution < 1.29 is 9.47 Å². The molecule has 3 aromatic rings. The van der Waals surface area contributed by atoms with Gasteiger partial charge in [0.05, 0.1) is 11.2 Å². The zero-order chi connectivity index (χ0) is 17.3. The summed E-state index contributed by atoms with van der Waals surface area (Å²) >= 11 is 0. The number of fused-ring (bicyclic) bond motifs is 2. The molecule has 3 heterocycles. The van der Waals surface area contributed by atoms with E-state index < -0.39 is 0 Å². The van der Waals surface area contributed by atoms with Gasteiger partial charge in [0.1, 0.15) is 13.2 Å². The van der Waals surface area contributed by atoms with E-state index in [1.165, 1.54) is 23.8 Å². The highest BCUT2D eigenvalue weighted by Crippen LogP contribution is 2.38. The highest BCUT2D eigenvalue weighted by Gasteiger charge is 2.27. The number of likely N-dealkylation sites (tertiary alicyclic amines) is 1. The summed E-state index contributed by atoms with van der Waals surface area (Å²) in [5.41, 5.74) is 3.51. The first-order valence-electron chi connectivity index (χ1n) is 9.35. The minimum Gasteiger partial charge on any atom is -0.486 e. The van der Waals surface area contributed by atoms with Crippen molar-refractivity contribution in [1.29, 1.82) is 0 Å². The molecular formula is C22H22N2O2. The molecular weight excluding hydrogens is 324 g/mol. The molecule has 0 bridgehead atoms. The molecule has 0 amide bonds. The molecule has 4 heteroatoms. The fraction of sp³-hybridized carbons (Fsp3) is 0.318. The molecule has 0 saturated carbocycles. The molecule has 0 radical (unpaired) electrons. The fourth-order valence-corrected chi connectivity index (χ4v) is 4.06. The molecule has 0 spiro atoms. The Bertz CT molecular complexity index is 940. The Kier molecular flexibility index (Phi) is 3.98. The van der Waals surface area contributed by atoms with Crippen LogP contribution >= 0.6 is 0 Å². The molecule has 1 atom stereocenters. The van der Waals surface area contributed by atoms with Gasteiger partial charge in [-0.2, -0.15) is 0 Å². The van der Waals surface area contributed by atoms with Gasteiger partial charge in [0, 0.05) is 18.0 Å². The minimum atomic E-state index is 0.416. The highest BCUT2D eigenvalue weighted by atomic mass is 16.6. The van der Waals surface area contributed by atoms with Crippen LogP contribution in [0.5, 0.6) is 11.5 Å². The van der Waals surface area contributed by atoms with Crippen molar-refractivity contribution in [1.82, 2.24) is 9.88 Å². The highest BCUT2D eigenvalue weighted by molar-refractivity contribution is 5.78. The topological polar surface area (TPSA) is 34.6 Å². The van der Waals surface area contributed by atoms with Crippen LogP contribution in [0, 0.1) is 0 Å². The molecule has 0 aliphatic carbocycles. The number of hydrogen-bond acceptors (Lipinski definition) is 4. The Morgan fingerprint density at radius 3 is 2.81 bits per heavy atom. The number of benzene rings is 2. The first kappa shape index (κ1) is 15.6. The second kappa shape index (κ2) is 6.61. The summed E-state index contributed by atoms with van der Waals surface area (Å²) in [5.74, 6) is 1.74. The molecule has 26 heavy (non-hydrogen) atoms. The molecule has 132 valence electrons. The van der Waals surface area contributed by atoms with Crippen molar-refractivity contribution in [2.75, 3.05) is 19.8 Å². The van der Waals surface area contributed by atoms with Crippen LogP contribution in [0.15, 0.2) is 54.6 Å². The maximum atomic E-state index is 5.77. The fourth-order valence-electron chi connectivity index (χ4n) is 4.06. The second-order valence-electron chi connectivity index (χ2n) is 7.03. The first-order chi connectivity index (χ1) is 12.9. The van der Waals surface area contributed by atoms with Gasteiger partial charge in [-0.15, -0.1) is 0 Å². The monoisotopic (exact) mass is 346 g/mol. The van der Waals surface area contributed by atoms with E-state index in [1.54, 1.807) is 0 Å². The summed E-state index contributed by atoms with van der Waals surface area (Å²) in [5, 5.41) is 1.20. The predicted molar refractivity (Wildman–Crippen MR) is 102 cm³/mol. The van der Waals surface area contributed by atoms with Gasteiger partial charge in [0.2, 0.25) is 0 Å². The van der Waals surface area contributed by atoms with E-state index in [9.17, 15) is 0 Å². The average Bonchev–Trinajstić information content (AvgIpc) is 3.15. The molecule has 0 N–H and O–H groups in total. The van der Waals surface area contributed by atoms with Gasteiger partial charge in [-0.25, -0.2) is 0 Å². The SMILES string of the molecule is c1ccc2nc(CN3CCCC3c3ccc4c(c3)OCCO4)ccc2c1. The zero-order valence-corrected chi connectivity index (χ0v) is 14.7. The quantitative estimate of drug-likeness (QED) is 0.706. The number of nitrogens with zero attached hydrogens (tertiary/aromatic N) is 2. The number of aromatic nitrogens is 1. The van der Waals surface area contributed by atoms with Crippen molar-refractivity contribution in [2.45, 2.75) is 25.4 Å². The lowest BCUT2D eigenvalue weighted by Crippen LogP contribution is -2.23. The normalized spacial score (nSPS) is 19.8. The van der Waals surface area contributed by atoms with E-state index in [0.717, 1.165) is 35.8 Å². The summed E-state index contributed by atoms with van der Waals surface area (Å²) in [6, 6.07) is 19.4. The summed E-state index contributed by atoms with van der Waals surface area (Å²) in [6.45, 7) is 3.25. The number of rotatable bonds is 3. The molecule has 1 aromatic heterocycles. The maximum absolute atomic E-state index is 5.77. The molecule has 1 saturated heterocycles. The van der Waals surface area contributed by atoms with Crippen LogP contribution in [0.25, 0.3) is 10.9 Å². The lowest BCUT2D eigenvalue weighted by Gasteiger charge is -2.26. The summed E-state index contributed by atoms with van der Waals surface area (Å²) < 4.78 is 11.4. The van der Waals surface area contributed by atoms with E-state index in [0.29, 0.717) is 19.3 Å². The Hall–Kier alpha value is -2.59. The van der Waals surface area contributed by atoms with Gasteiger partial charge in [0.25, 0.3) is 0 Å². The van der Waals surface area contributed by atoms with Crippen molar-refractivity contribution in [3.63, 3.8) is 0 Å². The van der Waals surface area contributed by atoms with Crippen molar-refractivity contribution in [3.05, 3.63) is 65.9 Å². The van der Waals surface area contributed by atoms with E-state index in [1.807, 2.05) is 6.07 Å². The van der Waals surface area contributed by atoms with Crippen LogP contribution in [-0.4, -0.2) is 29.6 Å². The van der Waals surface area contributed by atoms with E-state index in [4.69, 9.17) is 14.5 Å². The van der Waals surface area contributed by atoms with Crippen LogP contribution in [0.3, 0.4) is 0 Å². The lowest BCUT2D eigenvalue weighted by atomic mass is 10.0. The van der Waals surface area contributed by atoms with Crippen molar-refractivity contribution in [2.24, 2.45) is 0 Å². The number of para-hydroxylation sites is 1. The smallest absolute Gasteiger partial charge is 0.161 e.